The van der Waals surface area contributed by atoms with Gasteiger partial charge >= 0.3 is 0 Å². The summed E-state index contributed by atoms with van der Waals surface area (Å²) in [5.74, 6) is -0.109. The van der Waals surface area contributed by atoms with Crippen LogP contribution in [0.1, 0.15) is 23.7 Å². The molecule has 2 nitrogen and oxygen atoms in total. The standard InChI is InChI=1S/C12H14BrCl2NO/c1-2-7-16(8-6-13)12(17)11-9(14)4-3-5-10(11)15/h3-5H,2,6-8H2,1H3. The van der Waals surface area contributed by atoms with E-state index in [1.54, 1.807) is 23.1 Å². The lowest BCUT2D eigenvalue weighted by Gasteiger charge is -2.22. The molecule has 5 heteroatoms. The highest BCUT2D eigenvalue weighted by atomic mass is 79.9. The largest absolute Gasteiger partial charge is 0.338 e. The minimum atomic E-state index is -0.109. The number of rotatable bonds is 5. The normalized spacial score (nSPS) is 10.4. The van der Waals surface area contributed by atoms with Crippen molar-refractivity contribution >= 4 is 45.0 Å². The Kier molecular flexibility index (Phi) is 6.31. The molecule has 0 fully saturated rings. The minimum Gasteiger partial charge on any atom is -0.338 e. The first kappa shape index (κ1) is 14.8. The smallest absolute Gasteiger partial charge is 0.256 e. The molecule has 0 aliphatic heterocycles. The first-order valence-electron chi connectivity index (χ1n) is 5.41. The van der Waals surface area contributed by atoms with Crippen LogP contribution in [0.5, 0.6) is 0 Å². The van der Waals surface area contributed by atoms with Gasteiger partial charge < -0.3 is 4.90 Å². The van der Waals surface area contributed by atoms with Gasteiger partial charge in [-0.3, -0.25) is 4.79 Å². The zero-order valence-corrected chi connectivity index (χ0v) is 12.6. The van der Waals surface area contributed by atoms with Gasteiger partial charge in [0.2, 0.25) is 0 Å². The Balaban J connectivity index is 3.00. The lowest BCUT2D eigenvalue weighted by molar-refractivity contribution is 0.0767. The van der Waals surface area contributed by atoms with Gasteiger partial charge in [-0.2, -0.15) is 0 Å². The number of carbonyl (C=O) groups is 1. The second-order valence-electron chi connectivity index (χ2n) is 3.58. The van der Waals surface area contributed by atoms with Crippen LogP contribution in [0.2, 0.25) is 10.0 Å². The molecule has 1 amide bonds. The van der Waals surface area contributed by atoms with E-state index in [2.05, 4.69) is 15.9 Å². The van der Waals surface area contributed by atoms with Gasteiger partial charge in [-0.15, -0.1) is 0 Å². The predicted octanol–water partition coefficient (Wildman–Crippen LogP) is 4.24. The topological polar surface area (TPSA) is 20.3 Å². The van der Waals surface area contributed by atoms with Crippen LogP contribution in [-0.2, 0) is 0 Å². The maximum Gasteiger partial charge on any atom is 0.256 e. The maximum absolute atomic E-state index is 12.3. The van der Waals surface area contributed by atoms with E-state index in [0.29, 0.717) is 28.7 Å². The number of hydrogen-bond acceptors (Lipinski definition) is 1. The fourth-order valence-electron chi connectivity index (χ4n) is 1.55. The molecule has 0 saturated heterocycles. The van der Waals surface area contributed by atoms with Crippen molar-refractivity contribution in [2.75, 3.05) is 18.4 Å². The summed E-state index contributed by atoms with van der Waals surface area (Å²) < 4.78 is 0. The van der Waals surface area contributed by atoms with E-state index in [-0.39, 0.29) is 5.91 Å². The number of hydrogen-bond donors (Lipinski definition) is 0. The third kappa shape index (κ3) is 3.87. The predicted molar refractivity (Wildman–Crippen MR) is 76.5 cm³/mol. The number of alkyl halides is 1. The van der Waals surface area contributed by atoms with Gasteiger partial charge in [0, 0.05) is 18.4 Å². The zero-order chi connectivity index (χ0) is 12.8. The van der Waals surface area contributed by atoms with Gasteiger partial charge in [0.05, 0.1) is 15.6 Å². The highest BCUT2D eigenvalue weighted by Crippen LogP contribution is 2.25. The summed E-state index contributed by atoms with van der Waals surface area (Å²) in [5.41, 5.74) is 0.394. The molecule has 0 aliphatic rings. The molecule has 0 N–H and O–H groups in total. The summed E-state index contributed by atoms with van der Waals surface area (Å²) in [5, 5.41) is 1.54. The Labute approximate surface area is 120 Å². The van der Waals surface area contributed by atoms with E-state index in [1.807, 2.05) is 6.92 Å². The average molecular weight is 339 g/mol. The van der Waals surface area contributed by atoms with Crippen molar-refractivity contribution in [1.82, 2.24) is 4.90 Å². The lowest BCUT2D eigenvalue weighted by atomic mass is 10.2. The zero-order valence-electron chi connectivity index (χ0n) is 9.55. The van der Waals surface area contributed by atoms with Crippen LogP contribution in [0.25, 0.3) is 0 Å². The molecule has 0 heterocycles. The third-order valence-corrected chi connectivity index (χ3v) is 3.30. The van der Waals surface area contributed by atoms with Crippen molar-refractivity contribution in [3.05, 3.63) is 33.8 Å². The van der Waals surface area contributed by atoms with Crippen molar-refractivity contribution in [3.8, 4) is 0 Å². The Morgan fingerprint density at radius 3 is 2.35 bits per heavy atom. The van der Waals surface area contributed by atoms with Gasteiger partial charge in [-0.1, -0.05) is 52.1 Å². The Morgan fingerprint density at radius 1 is 1.29 bits per heavy atom. The Morgan fingerprint density at radius 2 is 1.88 bits per heavy atom. The molecule has 1 aromatic rings. The van der Waals surface area contributed by atoms with Crippen molar-refractivity contribution < 1.29 is 4.79 Å². The molecule has 0 aliphatic carbocycles. The molecule has 94 valence electrons. The van der Waals surface area contributed by atoms with Crippen LogP contribution in [0.15, 0.2) is 18.2 Å². The number of nitrogens with zero attached hydrogens (tertiary/aromatic N) is 1. The Hall–Kier alpha value is -0.250. The first-order chi connectivity index (χ1) is 8.11. The SMILES string of the molecule is CCCN(CCBr)C(=O)c1c(Cl)cccc1Cl. The molecule has 0 spiro atoms. The molecule has 1 rings (SSSR count). The van der Waals surface area contributed by atoms with Gasteiger partial charge in [0.15, 0.2) is 0 Å². The maximum atomic E-state index is 12.3. The molecule has 0 radical (unpaired) electrons. The summed E-state index contributed by atoms with van der Waals surface area (Å²) in [7, 11) is 0. The number of amides is 1. The molecular formula is C12H14BrCl2NO. The average Bonchev–Trinajstić information content (AvgIpc) is 2.28. The van der Waals surface area contributed by atoms with Gasteiger partial charge in [-0.05, 0) is 18.6 Å². The number of benzene rings is 1. The van der Waals surface area contributed by atoms with Gasteiger partial charge in [0.1, 0.15) is 0 Å². The monoisotopic (exact) mass is 337 g/mol. The quantitative estimate of drug-likeness (QED) is 0.735. The van der Waals surface area contributed by atoms with E-state index in [4.69, 9.17) is 23.2 Å². The molecule has 1 aromatic carbocycles. The molecule has 0 bridgehead atoms. The first-order valence-corrected chi connectivity index (χ1v) is 7.28. The fourth-order valence-corrected chi connectivity index (χ4v) is 2.53. The number of carbonyl (C=O) groups excluding carboxylic acids is 1. The third-order valence-electron chi connectivity index (χ3n) is 2.31. The van der Waals surface area contributed by atoms with Crippen LogP contribution in [0.4, 0.5) is 0 Å². The van der Waals surface area contributed by atoms with Crippen molar-refractivity contribution in [2.45, 2.75) is 13.3 Å². The molecule has 0 aromatic heterocycles. The highest BCUT2D eigenvalue weighted by molar-refractivity contribution is 9.09. The summed E-state index contributed by atoms with van der Waals surface area (Å²) in [4.78, 5) is 14.1. The van der Waals surface area contributed by atoms with Crippen LogP contribution < -0.4 is 0 Å². The lowest BCUT2D eigenvalue weighted by Crippen LogP contribution is -2.33. The second-order valence-corrected chi connectivity index (χ2v) is 5.19. The van der Waals surface area contributed by atoms with Crippen LogP contribution >= 0.6 is 39.1 Å². The van der Waals surface area contributed by atoms with Gasteiger partial charge in [-0.25, -0.2) is 0 Å². The molecule has 0 saturated carbocycles. The van der Waals surface area contributed by atoms with Crippen LogP contribution in [0, 0.1) is 0 Å². The fraction of sp³-hybridized carbons (Fsp3) is 0.417. The van der Waals surface area contributed by atoms with Crippen molar-refractivity contribution in [3.63, 3.8) is 0 Å². The van der Waals surface area contributed by atoms with E-state index >= 15 is 0 Å². The van der Waals surface area contributed by atoms with E-state index < -0.39 is 0 Å². The molecule has 17 heavy (non-hydrogen) atoms. The van der Waals surface area contributed by atoms with Crippen molar-refractivity contribution in [1.29, 1.82) is 0 Å². The molecule has 0 unspecified atom stereocenters. The van der Waals surface area contributed by atoms with E-state index in [9.17, 15) is 4.79 Å². The van der Waals surface area contributed by atoms with E-state index in [0.717, 1.165) is 11.8 Å². The summed E-state index contributed by atoms with van der Waals surface area (Å²) >= 11 is 15.4. The summed E-state index contributed by atoms with van der Waals surface area (Å²) in [6.07, 6.45) is 0.904. The molecule has 0 atom stereocenters. The van der Waals surface area contributed by atoms with Crippen molar-refractivity contribution in [2.24, 2.45) is 0 Å². The Bertz CT molecular complexity index is 372. The number of halogens is 3. The minimum absolute atomic E-state index is 0.109. The van der Waals surface area contributed by atoms with Gasteiger partial charge in [0.25, 0.3) is 5.91 Å². The summed E-state index contributed by atoms with van der Waals surface area (Å²) in [6, 6.07) is 5.09. The summed E-state index contributed by atoms with van der Waals surface area (Å²) in [6.45, 7) is 3.38. The van der Waals surface area contributed by atoms with E-state index in [1.165, 1.54) is 0 Å². The second kappa shape index (κ2) is 7.24. The van der Waals surface area contributed by atoms with Crippen LogP contribution in [-0.4, -0.2) is 29.2 Å². The van der Waals surface area contributed by atoms with Crippen LogP contribution in [0.3, 0.4) is 0 Å². The molecular weight excluding hydrogens is 325 g/mol. The highest BCUT2D eigenvalue weighted by Gasteiger charge is 2.19.